The number of aromatic nitrogens is 2. The Labute approximate surface area is 100 Å². The Balaban J connectivity index is 2.05. The molecule has 3 nitrogen and oxygen atoms in total. The monoisotopic (exact) mass is 223 g/mol. The number of imidazole rings is 1. The minimum absolute atomic E-state index is 0.389. The van der Waals surface area contributed by atoms with Gasteiger partial charge in [-0.25, -0.2) is 4.98 Å². The highest BCUT2D eigenvalue weighted by Crippen LogP contribution is 2.33. The van der Waals surface area contributed by atoms with E-state index in [-0.39, 0.29) is 0 Å². The van der Waals surface area contributed by atoms with Gasteiger partial charge in [-0.2, -0.15) is 5.26 Å². The maximum absolute atomic E-state index is 8.88. The van der Waals surface area contributed by atoms with Crippen LogP contribution < -0.4 is 0 Å². The van der Waals surface area contributed by atoms with Crippen molar-refractivity contribution in [2.45, 2.75) is 25.8 Å². The second-order valence-corrected chi connectivity index (χ2v) is 4.53. The quantitative estimate of drug-likeness (QED) is 0.745. The van der Waals surface area contributed by atoms with Gasteiger partial charge < -0.3 is 4.57 Å². The predicted molar refractivity (Wildman–Crippen MR) is 64.6 cm³/mol. The molecule has 1 aromatic carbocycles. The van der Waals surface area contributed by atoms with Crippen LogP contribution >= 0.6 is 0 Å². The predicted octanol–water partition coefficient (Wildman–Crippen LogP) is 2.60. The lowest BCUT2D eigenvalue weighted by Gasteiger charge is -2.16. The number of nitrogens with zero attached hydrogens (tertiary/aromatic N) is 3. The summed E-state index contributed by atoms with van der Waals surface area (Å²) in [7, 11) is 0. The first-order valence-electron chi connectivity index (χ1n) is 5.81. The van der Waals surface area contributed by atoms with Crippen molar-refractivity contribution in [3.8, 4) is 6.07 Å². The number of rotatable bonds is 1. The van der Waals surface area contributed by atoms with Gasteiger partial charge in [0.1, 0.15) is 0 Å². The lowest BCUT2D eigenvalue weighted by molar-refractivity contribution is 0.612. The van der Waals surface area contributed by atoms with E-state index in [0.29, 0.717) is 6.04 Å². The SMILES string of the molecule is Cc1cc(C#N)ccc1[C@H]1CCc2cncn21. The van der Waals surface area contributed by atoms with E-state index in [1.807, 2.05) is 24.7 Å². The molecular formula is C14H13N3. The summed E-state index contributed by atoms with van der Waals surface area (Å²) in [5.41, 5.74) is 4.53. The van der Waals surface area contributed by atoms with Gasteiger partial charge >= 0.3 is 0 Å². The molecule has 0 N–H and O–H groups in total. The molecule has 0 saturated carbocycles. The Kier molecular flexibility index (Phi) is 2.22. The standard InChI is InChI=1S/C14H13N3/c1-10-6-11(7-15)2-4-13(10)14-5-3-12-8-16-9-17(12)14/h2,4,6,8-9,14H,3,5H2,1H3/t14-/m1/s1. The number of nitriles is 1. The Morgan fingerprint density at radius 3 is 3.12 bits per heavy atom. The molecule has 17 heavy (non-hydrogen) atoms. The number of benzene rings is 1. The topological polar surface area (TPSA) is 41.6 Å². The van der Waals surface area contributed by atoms with Crippen molar-refractivity contribution < 1.29 is 0 Å². The second kappa shape index (κ2) is 3.74. The van der Waals surface area contributed by atoms with Crippen molar-refractivity contribution in [3.63, 3.8) is 0 Å². The molecule has 0 spiro atoms. The highest BCUT2D eigenvalue weighted by molar-refractivity contribution is 5.40. The summed E-state index contributed by atoms with van der Waals surface area (Å²) >= 11 is 0. The van der Waals surface area contributed by atoms with Crippen LogP contribution in [0.4, 0.5) is 0 Å². The molecule has 1 aliphatic rings. The summed E-state index contributed by atoms with van der Waals surface area (Å²) in [5.74, 6) is 0. The summed E-state index contributed by atoms with van der Waals surface area (Å²) in [6.45, 7) is 2.07. The summed E-state index contributed by atoms with van der Waals surface area (Å²) in [4.78, 5) is 4.19. The first-order valence-corrected chi connectivity index (χ1v) is 5.81. The van der Waals surface area contributed by atoms with Crippen LogP contribution in [0.15, 0.2) is 30.7 Å². The summed E-state index contributed by atoms with van der Waals surface area (Å²) < 4.78 is 2.24. The highest BCUT2D eigenvalue weighted by atomic mass is 15.1. The van der Waals surface area contributed by atoms with Gasteiger partial charge in [0.2, 0.25) is 0 Å². The van der Waals surface area contributed by atoms with Crippen molar-refractivity contribution in [2.75, 3.05) is 0 Å². The van der Waals surface area contributed by atoms with Gasteiger partial charge in [-0.05, 0) is 43.0 Å². The fourth-order valence-corrected chi connectivity index (χ4v) is 2.65. The van der Waals surface area contributed by atoms with Gasteiger partial charge in [-0.15, -0.1) is 0 Å². The third kappa shape index (κ3) is 1.53. The summed E-state index contributed by atoms with van der Waals surface area (Å²) in [6.07, 6.45) is 6.07. The Morgan fingerprint density at radius 2 is 2.35 bits per heavy atom. The lowest BCUT2D eigenvalue weighted by Crippen LogP contribution is -2.06. The molecule has 0 unspecified atom stereocenters. The van der Waals surface area contributed by atoms with E-state index in [9.17, 15) is 0 Å². The van der Waals surface area contributed by atoms with Gasteiger partial charge in [0, 0.05) is 11.9 Å². The Bertz CT molecular complexity index is 604. The van der Waals surface area contributed by atoms with E-state index < -0.39 is 0 Å². The molecule has 0 amide bonds. The van der Waals surface area contributed by atoms with E-state index in [1.165, 1.54) is 16.8 Å². The fourth-order valence-electron chi connectivity index (χ4n) is 2.65. The molecule has 0 fully saturated rings. The zero-order valence-corrected chi connectivity index (χ0v) is 9.72. The minimum Gasteiger partial charge on any atom is -0.327 e. The summed E-state index contributed by atoms with van der Waals surface area (Å²) in [6, 6.07) is 8.51. The smallest absolute Gasteiger partial charge is 0.0991 e. The molecule has 2 aromatic rings. The first kappa shape index (κ1) is 10.1. The van der Waals surface area contributed by atoms with Crippen LogP contribution in [0.5, 0.6) is 0 Å². The lowest BCUT2D eigenvalue weighted by atomic mass is 9.98. The van der Waals surface area contributed by atoms with E-state index in [0.717, 1.165) is 18.4 Å². The molecule has 84 valence electrons. The van der Waals surface area contributed by atoms with Gasteiger partial charge in [0.05, 0.1) is 24.0 Å². The minimum atomic E-state index is 0.389. The van der Waals surface area contributed by atoms with Gasteiger partial charge in [-0.3, -0.25) is 0 Å². The molecule has 0 bridgehead atoms. The van der Waals surface area contributed by atoms with Crippen LogP contribution in [0.3, 0.4) is 0 Å². The fraction of sp³-hybridized carbons (Fsp3) is 0.286. The maximum atomic E-state index is 8.88. The zero-order valence-electron chi connectivity index (χ0n) is 9.72. The zero-order chi connectivity index (χ0) is 11.8. The largest absolute Gasteiger partial charge is 0.327 e. The Morgan fingerprint density at radius 1 is 1.47 bits per heavy atom. The Hall–Kier alpha value is -2.08. The number of hydrogen-bond acceptors (Lipinski definition) is 2. The van der Waals surface area contributed by atoms with Crippen molar-refractivity contribution in [1.82, 2.24) is 9.55 Å². The molecule has 1 aromatic heterocycles. The van der Waals surface area contributed by atoms with Crippen LogP contribution in [0, 0.1) is 18.3 Å². The van der Waals surface area contributed by atoms with Crippen LogP contribution in [0.25, 0.3) is 0 Å². The van der Waals surface area contributed by atoms with Crippen molar-refractivity contribution in [3.05, 3.63) is 53.1 Å². The molecule has 1 aliphatic heterocycles. The highest BCUT2D eigenvalue weighted by Gasteiger charge is 2.24. The molecule has 3 heteroatoms. The molecule has 0 radical (unpaired) electrons. The molecule has 3 rings (SSSR count). The summed E-state index contributed by atoms with van der Waals surface area (Å²) in [5, 5.41) is 8.88. The number of aryl methyl sites for hydroxylation is 2. The molecule has 2 heterocycles. The van der Waals surface area contributed by atoms with Crippen LogP contribution in [-0.2, 0) is 6.42 Å². The average molecular weight is 223 g/mol. The van der Waals surface area contributed by atoms with E-state index in [1.54, 1.807) is 0 Å². The van der Waals surface area contributed by atoms with Gasteiger partial charge in [-0.1, -0.05) is 6.07 Å². The van der Waals surface area contributed by atoms with Crippen molar-refractivity contribution >= 4 is 0 Å². The van der Waals surface area contributed by atoms with E-state index in [2.05, 4.69) is 28.6 Å². The van der Waals surface area contributed by atoms with Crippen LogP contribution in [0.1, 0.15) is 34.8 Å². The van der Waals surface area contributed by atoms with Crippen molar-refractivity contribution in [1.29, 1.82) is 5.26 Å². The van der Waals surface area contributed by atoms with Crippen LogP contribution in [-0.4, -0.2) is 9.55 Å². The maximum Gasteiger partial charge on any atom is 0.0991 e. The van der Waals surface area contributed by atoms with E-state index in [4.69, 9.17) is 5.26 Å². The molecule has 0 aliphatic carbocycles. The third-order valence-electron chi connectivity index (χ3n) is 3.51. The number of fused-ring (bicyclic) bond motifs is 1. The average Bonchev–Trinajstić information content (AvgIpc) is 2.91. The van der Waals surface area contributed by atoms with E-state index >= 15 is 0 Å². The van der Waals surface area contributed by atoms with Gasteiger partial charge in [0.25, 0.3) is 0 Å². The van der Waals surface area contributed by atoms with Crippen LogP contribution in [0.2, 0.25) is 0 Å². The normalized spacial score (nSPS) is 17.8. The van der Waals surface area contributed by atoms with Gasteiger partial charge in [0.15, 0.2) is 0 Å². The molecular weight excluding hydrogens is 210 g/mol. The molecule has 1 atom stereocenters. The van der Waals surface area contributed by atoms with Crippen molar-refractivity contribution in [2.24, 2.45) is 0 Å². The number of hydrogen-bond donors (Lipinski definition) is 0. The first-order chi connectivity index (χ1) is 8.29. The second-order valence-electron chi connectivity index (χ2n) is 4.53. The molecule has 0 saturated heterocycles. The third-order valence-corrected chi connectivity index (χ3v) is 3.51.